The molecule has 2 aromatic carbocycles. The monoisotopic (exact) mass is 327 g/mol. The molecule has 0 fully saturated rings. The molecular formula is C19H21NO4. The van der Waals surface area contributed by atoms with Gasteiger partial charge in [-0.2, -0.15) is 0 Å². The third-order valence-electron chi connectivity index (χ3n) is 3.53. The second-order valence-electron chi connectivity index (χ2n) is 5.38. The number of carbonyl (C=O) groups is 2. The van der Waals surface area contributed by atoms with E-state index in [1.54, 1.807) is 18.2 Å². The molecule has 0 atom stereocenters. The van der Waals surface area contributed by atoms with Crippen LogP contribution in [0.15, 0.2) is 42.5 Å². The standard InChI is InChI=1S/C19H21NO4/c1-4-14-6-5-7-15(11-14)20-18(21)12-24-19(22)16-10-13(2)8-9-17(16)23-3/h5-11H,4,12H2,1-3H3,(H,20,21). The number of benzene rings is 2. The Labute approximate surface area is 141 Å². The van der Waals surface area contributed by atoms with E-state index in [-0.39, 0.29) is 12.5 Å². The van der Waals surface area contributed by atoms with Crippen molar-refractivity contribution >= 4 is 17.6 Å². The van der Waals surface area contributed by atoms with Gasteiger partial charge >= 0.3 is 5.97 Å². The fraction of sp³-hybridized carbons (Fsp3) is 0.263. The van der Waals surface area contributed by atoms with Gasteiger partial charge in [-0.15, -0.1) is 0 Å². The molecule has 0 aliphatic rings. The van der Waals surface area contributed by atoms with Gasteiger partial charge in [0.1, 0.15) is 11.3 Å². The Bertz CT molecular complexity index is 740. The number of hydrogen-bond donors (Lipinski definition) is 1. The number of amides is 1. The Morgan fingerprint density at radius 2 is 1.92 bits per heavy atom. The second kappa shape index (κ2) is 8.15. The van der Waals surface area contributed by atoms with E-state index in [4.69, 9.17) is 9.47 Å². The molecule has 2 aromatic rings. The summed E-state index contributed by atoms with van der Waals surface area (Å²) in [6.45, 7) is 3.55. The fourth-order valence-corrected chi connectivity index (χ4v) is 2.26. The maximum atomic E-state index is 12.2. The van der Waals surface area contributed by atoms with Crippen LogP contribution in [0.1, 0.15) is 28.4 Å². The summed E-state index contributed by atoms with van der Waals surface area (Å²) in [5.74, 6) is -0.558. The highest BCUT2D eigenvalue weighted by molar-refractivity contribution is 5.96. The second-order valence-corrected chi connectivity index (χ2v) is 5.38. The molecule has 0 heterocycles. The molecule has 24 heavy (non-hydrogen) atoms. The number of anilines is 1. The number of hydrogen-bond acceptors (Lipinski definition) is 4. The number of methoxy groups -OCH3 is 1. The predicted octanol–water partition coefficient (Wildman–Crippen LogP) is 3.36. The molecule has 1 amide bonds. The minimum Gasteiger partial charge on any atom is -0.496 e. The molecule has 1 N–H and O–H groups in total. The lowest BCUT2D eigenvalue weighted by molar-refractivity contribution is -0.119. The van der Waals surface area contributed by atoms with E-state index in [1.807, 2.05) is 38.1 Å². The van der Waals surface area contributed by atoms with E-state index < -0.39 is 5.97 Å². The van der Waals surface area contributed by atoms with Gasteiger partial charge in [0.05, 0.1) is 7.11 Å². The van der Waals surface area contributed by atoms with Crippen molar-refractivity contribution < 1.29 is 19.1 Å². The van der Waals surface area contributed by atoms with E-state index in [9.17, 15) is 9.59 Å². The largest absolute Gasteiger partial charge is 0.496 e. The minimum absolute atomic E-state index is 0.304. The highest BCUT2D eigenvalue weighted by Crippen LogP contribution is 2.20. The van der Waals surface area contributed by atoms with Crippen molar-refractivity contribution in [2.24, 2.45) is 0 Å². The van der Waals surface area contributed by atoms with Crippen molar-refractivity contribution in [2.75, 3.05) is 19.0 Å². The van der Waals surface area contributed by atoms with Crippen LogP contribution in [0.4, 0.5) is 5.69 Å². The van der Waals surface area contributed by atoms with Gasteiger partial charge < -0.3 is 14.8 Å². The van der Waals surface area contributed by atoms with E-state index in [0.717, 1.165) is 17.5 Å². The molecule has 0 saturated carbocycles. The van der Waals surface area contributed by atoms with Crippen LogP contribution in [0.5, 0.6) is 5.75 Å². The number of rotatable bonds is 6. The summed E-state index contributed by atoms with van der Waals surface area (Å²) in [5, 5.41) is 2.72. The molecule has 5 nitrogen and oxygen atoms in total. The third kappa shape index (κ3) is 4.59. The molecule has 0 spiro atoms. The van der Waals surface area contributed by atoms with Crippen LogP contribution in [0.2, 0.25) is 0 Å². The summed E-state index contributed by atoms with van der Waals surface area (Å²) in [6, 6.07) is 12.7. The highest BCUT2D eigenvalue weighted by Gasteiger charge is 2.15. The molecule has 0 bridgehead atoms. The molecule has 0 saturated heterocycles. The Kier molecular flexibility index (Phi) is 5.95. The topological polar surface area (TPSA) is 64.6 Å². The molecule has 0 unspecified atom stereocenters. The van der Waals surface area contributed by atoms with Crippen LogP contribution in [-0.2, 0) is 16.0 Å². The molecule has 5 heteroatoms. The Morgan fingerprint density at radius 1 is 1.12 bits per heavy atom. The number of esters is 1. The van der Waals surface area contributed by atoms with Crippen LogP contribution in [-0.4, -0.2) is 25.6 Å². The normalized spacial score (nSPS) is 10.1. The van der Waals surface area contributed by atoms with Gasteiger partial charge in [-0.1, -0.05) is 30.7 Å². The van der Waals surface area contributed by atoms with E-state index >= 15 is 0 Å². The summed E-state index contributed by atoms with van der Waals surface area (Å²) in [4.78, 5) is 24.1. The number of carbonyl (C=O) groups excluding carboxylic acids is 2. The van der Waals surface area contributed by atoms with Gasteiger partial charge in [-0.3, -0.25) is 4.79 Å². The van der Waals surface area contributed by atoms with Crippen molar-refractivity contribution in [1.82, 2.24) is 0 Å². The average Bonchev–Trinajstić information content (AvgIpc) is 2.59. The lowest BCUT2D eigenvalue weighted by atomic mass is 10.1. The van der Waals surface area contributed by atoms with Gasteiger partial charge in [0.15, 0.2) is 6.61 Å². The lowest BCUT2D eigenvalue weighted by Crippen LogP contribution is -2.21. The summed E-state index contributed by atoms with van der Waals surface area (Å²) >= 11 is 0. The van der Waals surface area contributed by atoms with Gasteiger partial charge in [0.25, 0.3) is 5.91 Å². The number of nitrogens with one attached hydrogen (secondary N) is 1. The SMILES string of the molecule is CCc1cccc(NC(=O)COC(=O)c2cc(C)ccc2OC)c1. The van der Waals surface area contributed by atoms with Crippen LogP contribution >= 0.6 is 0 Å². The van der Waals surface area contributed by atoms with Crippen molar-refractivity contribution in [3.63, 3.8) is 0 Å². The minimum atomic E-state index is -0.590. The van der Waals surface area contributed by atoms with Gasteiger partial charge in [-0.25, -0.2) is 4.79 Å². The quantitative estimate of drug-likeness (QED) is 0.826. The Balaban J connectivity index is 1.96. The molecule has 0 aromatic heterocycles. The first-order valence-corrected chi connectivity index (χ1v) is 7.74. The van der Waals surface area contributed by atoms with Gasteiger partial charge in [-0.05, 0) is 43.2 Å². The van der Waals surface area contributed by atoms with Crippen LogP contribution in [0, 0.1) is 6.92 Å². The van der Waals surface area contributed by atoms with Crippen LogP contribution in [0.3, 0.4) is 0 Å². The van der Waals surface area contributed by atoms with E-state index in [2.05, 4.69) is 5.32 Å². The summed E-state index contributed by atoms with van der Waals surface area (Å²) in [5.41, 5.74) is 3.01. The van der Waals surface area contributed by atoms with E-state index in [0.29, 0.717) is 17.0 Å². The third-order valence-corrected chi connectivity index (χ3v) is 3.53. The molecule has 126 valence electrons. The lowest BCUT2D eigenvalue weighted by Gasteiger charge is -2.10. The van der Waals surface area contributed by atoms with Crippen molar-refractivity contribution in [3.05, 3.63) is 59.2 Å². The molecule has 0 aliphatic heterocycles. The first-order chi connectivity index (χ1) is 11.5. The van der Waals surface area contributed by atoms with Crippen molar-refractivity contribution in [2.45, 2.75) is 20.3 Å². The maximum absolute atomic E-state index is 12.2. The van der Waals surface area contributed by atoms with Crippen LogP contribution in [0.25, 0.3) is 0 Å². The summed E-state index contributed by atoms with van der Waals surface area (Å²) in [7, 11) is 1.48. The Hall–Kier alpha value is -2.82. The zero-order valence-electron chi connectivity index (χ0n) is 14.1. The fourth-order valence-electron chi connectivity index (χ4n) is 2.26. The zero-order valence-corrected chi connectivity index (χ0v) is 14.1. The zero-order chi connectivity index (χ0) is 17.5. The van der Waals surface area contributed by atoms with Gasteiger partial charge in [0.2, 0.25) is 0 Å². The predicted molar refractivity (Wildman–Crippen MR) is 92.5 cm³/mol. The molecule has 0 radical (unpaired) electrons. The number of ether oxygens (including phenoxy) is 2. The Morgan fingerprint density at radius 3 is 2.62 bits per heavy atom. The summed E-state index contributed by atoms with van der Waals surface area (Å²) < 4.78 is 10.2. The molecule has 0 aliphatic carbocycles. The average molecular weight is 327 g/mol. The number of aryl methyl sites for hydroxylation is 2. The summed E-state index contributed by atoms with van der Waals surface area (Å²) in [6.07, 6.45) is 0.881. The molecule has 2 rings (SSSR count). The highest BCUT2D eigenvalue weighted by atomic mass is 16.5. The van der Waals surface area contributed by atoms with E-state index in [1.165, 1.54) is 7.11 Å². The van der Waals surface area contributed by atoms with Crippen molar-refractivity contribution in [1.29, 1.82) is 0 Å². The maximum Gasteiger partial charge on any atom is 0.342 e. The van der Waals surface area contributed by atoms with Crippen LogP contribution < -0.4 is 10.1 Å². The smallest absolute Gasteiger partial charge is 0.342 e. The molecular weight excluding hydrogens is 306 g/mol. The van der Waals surface area contributed by atoms with Gasteiger partial charge in [0, 0.05) is 5.69 Å². The first kappa shape index (κ1) is 17.5. The van der Waals surface area contributed by atoms with Crippen molar-refractivity contribution in [3.8, 4) is 5.75 Å². The first-order valence-electron chi connectivity index (χ1n) is 7.74.